The van der Waals surface area contributed by atoms with E-state index in [1.54, 1.807) is 18.2 Å². The number of rotatable bonds is 3. The van der Waals surface area contributed by atoms with Crippen LogP contribution in [0.3, 0.4) is 0 Å². The minimum atomic E-state index is -2.28. The van der Waals surface area contributed by atoms with Crippen LogP contribution in [0.2, 0.25) is 10.0 Å². The van der Waals surface area contributed by atoms with Gasteiger partial charge in [0, 0.05) is 16.5 Å². The van der Waals surface area contributed by atoms with E-state index in [1.807, 2.05) is 0 Å². The molecule has 0 fully saturated rings. The Hall–Kier alpha value is -0.340. The molecule has 0 nitrogen and oxygen atoms in total. The van der Waals surface area contributed by atoms with E-state index >= 15 is 0 Å². The van der Waals surface area contributed by atoms with Crippen LogP contribution < -0.4 is 0 Å². The Labute approximate surface area is 85.5 Å². The molecule has 0 N–H and O–H groups in total. The topological polar surface area (TPSA) is 0 Å². The first-order chi connectivity index (χ1) is 6.08. The van der Waals surface area contributed by atoms with Crippen molar-refractivity contribution in [2.24, 2.45) is 0 Å². The van der Waals surface area contributed by atoms with Crippen LogP contribution >= 0.6 is 23.2 Å². The lowest BCUT2D eigenvalue weighted by molar-refractivity contribution is 0.138. The van der Waals surface area contributed by atoms with Gasteiger partial charge in [-0.05, 0) is 30.2 Å². The maximum Gasteiger partial charge on any atom is 0.239 e. The van der Waals surface area contributed by atoms with Gasteiger partial charge in [0.1, 0.15) is 0 Å². The summed E-state index contributed by atoms with van der Waals surface area (Å²) in [7, 11) is 0. The molecular weight excluding hydrogens is 217 g/mol. The lowest BCUT2D eigenvalue weighted by Crippen LogP contribution is -1.94. The van der Waals surface area contributed by atoms with Crippen molar-refractivity contribution in [2.45, 2.75) is 19.3 Å². The SMILES string of the molecule is FC(F)CCc1cc(Cl)cc(Cl)c1. The number of aryl methyl sites for hydroxylation is 1. The molecule has 0 aliphatic heterocycles. The summed E-state index contributed by atoms with van der Waals surface area (Å²) in [5, 5.41) is 0.966. The van der Waals surface area contributed by atoms with Gasteiger partial charge in [-0.25, -0.2) is 8.78 Å². The molecule has 0 radical (unpaired) electrons. The molecular formula is C9H8Cl2F2. The molecule has 13 heavy (non-hydrogen) atoms. The highest BCUT2D eigenvalue weighted by Gasteiger charge is 2.04. The zero-order chi connectivity index (χ0) is 9.84. The highest BCUT2D eigenvalue weighted by Crippen LogP contribution is 2.20. The molecule has 0 heterocycles. The van der Waals surface area contributed by atoms with Crippen LogP contribution in [-0.2, 0) is 6.42 Å². The number of halogens is 4. The fraction of sp³-hybridized carbons (Fsp3) is 0.333. The van der Waals surface area contributed by atoms with Crippen molar-refractivity contribution in [1.82, 2.24) is 0 Å². The van der Waals surface area contributed by atoms with Crippen molar-refractivity contribution in [2.75, 3.05) is 0 Å². The second-order valence-electron chi connectivity index (χ2n) is 2.71. The van der Waals surface area contributed by atoms with Crippen LogP contribution in [0.5, 0.6) is 0 Å². The molecule has 0 aromatic heterocycles. The van der Waals surface area contributed by atoms with E-state index in [0.29, 0.717) is 16.5 Å². The Balaban J connectivity index is 2.66. The van der Waals surface area contributed by atoms with Gasteiger partial charge in [0.25, 0.3) is 0 Å². The van der Waals surface area contributed by atoms with E-state index in [2.05, 4.69) is 0 Å². The van der Waals surface area contributed by atoms with Gasteiger partial charge in [-0.15, -0.1) is 0 Å². The first-order valence-electron chi connectivity index (χ1n) is 3.81. The van der Waals surface area contributed by atoms with Crippen LogP contribution in [0.25, 0.3) is 0 Å². The van der Waals surface area contributed by atoms with Crippen molar-refractivity contribution in [1.29, 1.82) is 0 Å². The average Bonchev–Trinajstić information content (AvgIpc) is 1.99. The van der Waals surface area contributed by atoms with Gasteiger partial charge in [-0.1, -0.05) is 23.2 Å². The Bertz CT molecular complexity index is 267. The van der Waals surface area contributed by atoms with Gasteiger partial charge < -0.3 is 0 Å². The predicted molar refractivity (Wildman–Crippen MR) is 50.8 cm³/mol. The van der Waals surface area contributed by atoms with E-state index in [0.717, 1.165) is 5.56 Å². The maximum absolute atomic E-state index is 11.9. The summed E-state index contributed by atoms with van der Waals surface area (Å²) in [4.78, 5) is 0. The molecule has 4 heteroatoms. The predicted octanol–water partition coefficient (Wildman–Crippen LogP) is 4.19. The second kappa shape index (κ2) is 4.77. The molecule has 0 unspecified atom stereocenters. The summed E-state index contributed by atoms with van der Waals surface area (Å²) in [5.74, 6) is 0. The summed E-state index contributed by atoms with van der Waals surface area (Å²) in [5.41, 5.74) is 0.748. The van der Waals surface area contributed by atoms with Crippen LogP contribution in [-0.4, -0.2) is 6.43 Å². The highest BCUT2D eigenvalue weighted by molar-refractivity contribution is 6.34. The standard InChI is InChI=1S/C9H8Cl2F2/c10-7-3-6(1-2-9(12)13)4-8(11)5-7/h3-5,9H,1-2H2. The number of hydrogen-bond donors (Lipinski definition) is 0. The molecule has 0 aliphatic rings. The molecule has 0 amide bonds. The molecule has 0 saturated carbocycles. The van der Waals surface area contributed by atoms with Gasteiger partial charge >= 0.3 is 0 Å². The minimum Gasteiger partial charge on any atom is -0.211 e. The quantitative estimate of drug-likeness (QED) is 0.723. The van der Waals surface area contributed by atoms with Crippen molar-refractivity contribution in [3.05, 3.63) is 33.8 Å². The van der Waals surface area contributed by atoms with Crippen LogP contribution in [0.1, 0.15) is 12.0 Å². The third-order valence-electron chi connectivity index (χ3n) is 1.57. The zero-order valence-electron chi connectivity index (χ0n) is 6.74. The van der Waals surface area contributed by atoms with Crippen molar-refractivity contribution < 1.29 is 8.78 Å². The number of alkyl halides is 2. The molecule has 0 aliphatic carbocycles. The van der Waals surface area contributed by atoms with E-state index < -0.39 is 6.43 Å². The van der Waals surface area contributed by atoms with E-state index in [9.17, 15) is 8.78 Å². The third-order valence-corrected chi connectivity index (χ3v) is 2.01. The summed E-state index contributed by atoms with van der Waals surface area (Å²) >= 11 is 11.4. The first kappa shape index (κ1) is 10.7. The normalized spacial score (nSPS) is 10.8. The fourth-order valence-corrected chi connectivity index (χ4v) is 1.60. The summed E-state index contributed by atoms with van der Waals surface area (Å²) in [6.45, 7) is 0. The minimum absolute atomic E-state index is 0.156. The summed E-state index contributed by atoms with van der Waals surface area (Å²) in [6.07, 6.45) is -2.13. The molecule has 0 saturated heterocycles. The van der Waals surface area contributed by atoms with Crippen LogP contribution in [0, 0.1) is 0 Å². The Morgan fingerprint density at radius 2 is 1.62 bits per heavy atom. The molecule has 72 valence electrons. The summed E-state index contributed by atoms with van der Waals surface area (Å²) in [6, 6.07) is 4.88. The number of benzene rings is 1. The van der Waals surface area contributed by atoms with E-state index in [1.165, 1.54) is 0 Å². The Kier molecular flexibility index (Phi) is 3.94. The molecule has 1 aromatic rings. The van der Waals surface area contributed by atoms with Crippen molar-refractivity contribution >= 4 is 23.2 Å². The largest absolute Gasteiger partial charge is 0.239 e. The van der Waals surface area contributed by atoms with E-state index in [-0.39, 0.29) is 6.42 Å². The average molecular weight is 225 g/mol. The van der Waals surface area contributed by atoms with Gasteiger partial charge in [-0.3, -0.25) is 0 Å². The van der Waals surface area contributed by atoms with Crippen molar-refractivity contribution in [3.8, 4) is 0 Å². The monoisotopic (exact) mass is 224 g/mol. The first-order valence-corrected chi connectivity index (χ1v) is 4.56. The van der Waals surface area contributed by atoms with E-state index in [4.69, 9.17) is 23.2 Å². The smallest absolute Gasteiger partial charge is 0.211 e. The Morgan fingerprint density at radius 1 is 1.08 bits per heavy atom. The van der Waals surface area contributed by atoms with Crippen LogP contribution in [0.15, 0.2) is 18.2 Å². The molecule has 1 aromatic carbocycles. The summed E-state index contributed by atoms with van der Waals surface area (Å²) < 4.78 is 23.7. The lowest BCUT2D eigenvalue weighted by atomic mass is 10.1. The van der Waals surface area contributed by atoms with Gasteiger partial charge in [0.2, 0.25) is 6.43 Å². The number of hydrogen-bond acceptors (Lipinski definition) is 0. The van der Waals surface area contributed by atoms with Crippen LogP contribution in [0.4, 0.5) is 8.78 Å². The molecule has 0 atom stereocenters. The Morgan fingerprint density at radius 3 is 2.08 bits per heavy atom. The van der Waals surface area contributed by atoms with Crippen molar-refractivity contribution in [3.63, 3.8) is 0 Å². The molecule has 0 spiro atoms. The zero-order valence-corrected chi connectivity index (χ0v) is 8.25. The second-order valence-corrected chi connectivity index (χ2v) is 3.58. The lowest BCUT2D eigenvalue weighted by Gasteiger charge is -2.02. The maximum atomic E-state index is 11.9. The molecule has 1 rings (SSSR count). The van der Waals surface area contributed by atoms with Gasteiger partial charge in [0.05, 0.1) is 0 Å². The molecule has 0 bridgehead atoms. The highest BCUT2D eigenvalue weighted by atomic mass is 35.5. The third kappa shape index (κ3) is 3.92. The fourth-order valence-electron chi connectivity index (χ4n) is 1.03. The van der Waals surface area contributed by atoms with Gasteiger partial charge in [0.15, 0.2) is 0 Å². The van der Waals surface area contributed by atoms with Gasteiger partial charge in [-0.2, -0.15) is 0 Å².